The number of aliphatic carboxylic acids is 1. The normalized spacial score (nSPS) is 17.3. The molecule has 0 aromatic heterocycles. The van der Waals surface area contributed by atoms with Crippen LogP contribution in [0.5, 0.6) is 0 Å². The second-order valence-corrected chi connectivity index (χ2v) is 7.69. The van der Waals surface area contributed by atoms with Gasteiger partial charge >= 0.3 is 5.97 Å². The summed E-state index contributed by atoms with van der Waals surface area (Å²) in [6.45, 7) is 4.29. The van der Waals surface area contributed by atoms with Crippen LogP contribution in [0.15, 0.2) is 0 Å². The molecule has 4 amide bonds. The molecule has 0 saturated carbocycles. The lowest BCUT2D eigenvalue weighted by atomic mass is 9.98. The number of rotatable bonds is 14. The summed E-state index contributed by atoms with van der Waals surface area (Å²) in [5, 5.41) is 45.7. The molecule has 0 spiro atoms. The van der Waals surface area contributed by atoms with Crippen molar-refractivity contribution in [2.24, 2.45) is 11.7 Å². The van der Waals surface area contributed by atoms with Crippen molar-refractivity contribution in [3.63, 3.8) is 0 Å². The van der Waals surface area contributed by atoms with E-state index in [0.29, 0.717) is 6.42 Å². The van der Waals surface area contributed by atoms with Gasteiger partial charge in [-0.3, -0.25) is 19.2 Å². The fraction of sp³-hybridized carbons (Fsp3) is 0.737. The summed E-state index contributed by atoms with van der Waals surface area (Å²) in [6, 6.07) is -6.81. The number of aliphatic hydroxyl groups is 3. The molecule has 0 aliphatic rings. The van der Waals surface area contributed by atoms with E-state index in [1.54, 1.807) is 6.92 Å². The predicted octanol–water partition coefficient (Wildman–Crippen LogP) is -4.23. The number of carboxylic acid groups (broad SMARTS) is 1. The maximum Gasteiger partial charge on any atom is 0.328 e. The van der Waals surface area contributed by atoms with Crippen molar-refractivity contribution in [1.82, 2.24) is 21.3 Å². The van der Waals surface area contributed by atoms with E-state index in [1.165, 1.54) is 13.8 Å². The largest absolute Gasteiger partial charge is 0.480 e. The van der Waals surface area contributed by atoms with Crippen molar-refractivity contribution in [2.45, 2.75) is 70.4 Å². The lowest BCUT2D eigenvalue weighted by Gasteiger charge is -2.26. The van der Waals surface area contributed by atoms with Crippen molar-refractivity contribution in [3.8, 4) is 0 Å². The molecule has 14 nitrogen and oxygen atoms in total. The van der Waals surface area contributed by atoms with Crippen LogP contribution in [0.1, 0.15) is 34.1 Å². The highest BCUT2D eigenvalue weighted by Gasteiger charge is 2.32. The van der Waals surface area contributed by atoms with Gasteiger partial charge in [-0.15, -0.1) is 0 Å². The van der Waals surface area contributed by atoms with E-state index in [4.69, 9.17) is 15.9 Å². The zero-order valence-corrected chi connectivity index (χ0v) is 19.1. The molecular formula is C19H35N5O9. The average Bonchev–Trinajstić information content (AvgIpc) is 2.76. The minimum Gasteiger partial charge on any atom is -0.480 e. The topological polar surface area (TPSA) is 240 Å². The monoisotopic (exact) mass is 477 g/mol. The molecule has 0 rings (SSSR count). The standard InChI is InChI=1S/C19H35N5O9/c1-5-8(2)13(20)17(30)24-14(10(4)27)18(31)21-9(3)15(28)22-11(6-25)16(29)23-12(7-26)19(32)33/h8-14,25-27H,5-7,20H2,1-4H3,(H,21,31)(H,22,28)(H,23,29)(H,24,30)(H,32,33)/t8-,9-,10+,11-,12-,13-,14-/m0/s1. The maximum atomic E-state index is 12.5. The Hall–Kier alpha value is -2.81. The van der Waals surface area contributed by atoms with Gasteiger partial charge in [0.25, 0.3) is 0 Å². The Morgan fingerprint density at radius 3 is 1.73 bits per heavy atom. The van der Waals surface area contributed by atoms with Crippen LogP contribution < -0.4 is 27.0 Å². The third-order valence-corrected chi connectivity index (χ3v) is 4.99. The number of aliphatic hydroxyl groups excluding tert-OH is 3. The van der Waals surface area contributed by atoms with Gasteiger partial charge < -0.3 is 47.4 Å². The van der Waals surface area contributed by atoms with Gasteiger partial charge in [-0.2, -0.15) is 0 Å². The highest BCUT2D eigenvalue weighted by Crippen LogP contribution is 2.06. The third-order valence-electron chi connectivity index (χ3n) is 4.99. The van der Waals surface area contributed by atoms with Crippen LogP contribution in [0.2, 0.25) is 0 Å². The summed E-state index contributed by atoms with van der Waals surface area (Å²) < 4.78 is 0. The highest BCUT2D eigenvalue weighted by atomic mass is 16.4. The average molecular weight is 478 g/mol. The molecule has 33 heavy (non-hydrogen) atoms. The smallest absolute Gasteiger partial charge is 0.328 e. The van der Waals surface area contributed by atoms with Crippen LogP contribution in [0.25, 0.3) is 0 Å². The molecule has 10 N–H and O–H groups in total. The summed E-state index contributed by atoms with van der Waals surface area (Å²) in [6.07, 6.45) is -0.710. The van der Waals surface area contributed by atoms with Gasteiger partial charge in [0.05, 0.1) is 25.4 Å². The summed E-state index contributed by atoms with van der Waals surface area (Å²) in [5.74, 6) is -5.24. The second-order valence-electron chi connectivity index (χ2n) is 7.69. The van der Waals surface area contributed by atoms with Crippen LogP contribution in [0.4, 0.5) is 0 Å². The lowest BCUT2D eigenvalue weighted by Crippen LogP contribution is -2.60. The number of nitrogens with one attached hydrogen (secondary N) is 4. The first-order valence-corrected chi connectivity index (χ1v) is 10.4. The number of carbonyl (C=O) groups excluding carboxylic acids is 4. The van der Waals surface area contributed by atoms with Crippen LogP contribution in [0, 0.1) is 5.92 Å². The Balaban J connectivity index is 5.10. The van der Waals surface area contributed by atoms with E-state index in [-0.39, 0.29) is 5.92 Å². The van der Waals surface area contributed by atoms with Crippen LogP contribution in [-0.4, -0.2) is 99.6 Å². The SMILES string of the molecule is CC[C@H](C)[C@H](N)C(=O)N[C@H](C(=O)N[C@@H](C)C(=O)N[C@@H](CO)C(=O)N[C@@H](CO)C(=O)O)[C@@H](C)O. The summed E-state index contributed by atoms with van der Waals surface area (Å²) in [4.78, 5) is 60.1. The van der Waals surface area contributed by atoms with E-state index in [2.05, 4.69) is 16.0 Å². The van der Waals surface area contributed by atoms with Crippen molar-refractivity contribution in [3.05, 3.63) is 0 Å². The number of hydrogen-bond donors (Lipinski definition) is 9. The minimum absolute atomic E-state index is 0.180. The van der Waals surface area contributed by atoms with Crippen molar-refractivity contribution < 1.29 is 44.4 Å². The predicted molar refractivity (Wildman–Crippen MR) is 114 cm³/mol. The molecule has 0 aliphatic carbocycles. The molecule has 0 unspecified atom stereocenters. The van der Waals surface area contributed by atoms with E-state index >= 15 is 0 Å². The Morgan fingerprint density at radius 2 is 1.30 bits per heavy atom. The molecule has 0 aromatic rings. The Morgan fingerprint density at radius 1 is 0.788 bits per heavy atom. The van der Waals surface area contributed by atoms with Crippen molar-refractivity contribution >= 4 is 29.6 Å². The van der Waals surface area contributed by atoms with E-state index in [0.717, 1.165) is 0 Å². The van der Waals surface area contributed by atoms with Gasteiger partial charge in [0.2, 0.25) is 23.6 Å². The Bertz CT molecular complexity index is 703. The molecule has 14 heteroatoms. The van der Waals surface area contributed by atoms with Gasteiger partial charge in [-0.05, 0) is 19.8 Å². The minimum atomic E-state index is -1.64. The van der Waals surface area contributed by atoms with Gasteiger partial charge in [-0.25, -0.2) is 4.79 Å². The first-order valence-electron chi connectivity index (χ1n) is 10.4. The van der Waals surface area contributed by atoms with Crippen molar-refractivity contribution in [2.75, 3.05) is 13.2 Å². The molecule has 0 heterocycles. The number of hydrogen-bond acceptors (Lipinski definition) is 9. The molecular weight excluding hydrogens is 442 g/mol. The summed E-state index contributed by atoms with van der Waals surface area (Å²) in [7, 11) is 0. The fourth-order valence-electron chi connectivity index (χ4n) is 2.48. The first kappa shape index (κ1) is 30.2. The number of nitrogens with two attached hydrogens (primary N) is 1. The zero-order chi connectivity index (χ0) is 25.9. The first-order chi connectivity index (χ1) is 15.3. The third kappa shape index (κ3) is 9.69. The van der Waals surface area contributed by atoms with E-state index < -0.39 is 79.1 Å². The van der Waals surface area contributed by atoms with E-state index in [1.807, 2.05) is 12.2 Å². The quantitative estimate of drug-likeness (QED) is 0.117. The van der Waals surface area contributed by atoms with Crippen LogP contribution >= 0.6 is 0 Å². The molecule has 0 fully saturated rings. The fourth-order valence-corrected chi connectivity index (χ4v) is 2.48. The molecule has 0 bridgehead atoms. The summed E-state index contributed by atoms with van der Waals surface area (Å²) in [5.41, 5.74) is 5.83. The van der Waals surface area contributed by atoms with Gasteiger partial charge in [-0.1, -0.05) is 20.3 Å². The molecule has 0 saturated heterocycles. The Kier molecular flexibility index (Phi) is 13.1. The van der Waals surface area contributed by atoms with Gasteiger partial charge in [0.1, 0.15) is 24.2 Å². The molecule has 0 radical (unpaired) electrons. The zero-order valence-electron chi connectivity index (χ0n) is 19.1. The van der Waals surface area contributed by atoms with Crippen LogP contribution in [-0.2, 0) is 24.0 Å². The Labute approximate surface area is 191 Å². The number of carboxylic acids is 1. The van der Waals surface area contributed by atoms with Crippen molar-refractivity contribution in [1.29, 1.82) is 0 Å². The van der Waals surface area contributed by atoms with Crippen LogP contribution in [0.3, 0.4) is 0 Å². The molecule has 0 aromatic carbocycles. The number of amides is 4. The molecule has 0 aliphatic heterocycles. The second kappa shape index (κ2) is 14.4. The lowest BCUT2D eigenvalue weighted by molar-refractivity contribution is -0.143. The molecule has 7 atom stereocenters. The molecule has 190 valence electrons. The highest BCUT2D eigenvalue weighted by molar-refractivity contribution is 5.95. The van der Waals surface area contributed by atoms with Gasteiger partial charge in [0.15, 0.2) is 0 Å². The summed E-state index contributed by atoms with van der Waals surface area (Å²) >= 11 is 0. The maximum absolute atomic E-state index is 12.5. The van der Waals surface area contributed by atoms with E-state index in [9.17, 15) is 34.2 Å². The number of carbonyl (C=O) groups is 5. The van der Waals surface area contributed by atoms with Gasteiger partial charge in [0, 0.05) is 0 Å².